The van der Waals surface area contributed by atoms with E-state index in [2.05, 4.69) is 66.9 Å². The van der Waals surface area contributed by atoms with Crippen LogP contribution < -0.4 is 10.6 Å². The van der Waals surface area contributed by atoms with Crippen molar-refractivity contribution in [2.45, 2.75) is 45.1 Å². The van der Waals surface area contributed by atoms with Gasteiger partial charge in [0.2, 0.25) is 0 Å². The standard InChI is InChI=1S/C22H38N4O/c1-5-23-21(25-18-22(12-9-13-22)14-15-27-4)24-17-20(26(2)3)16-19-10-7-6-8-11-19/h6-8,10-11,20H,5,9,12-18H2,1-4H3,(H2,23,24,25). The Bertz CT molecular complexity index is 555. The number of likely N-dealkylation sites (N-methyl/N-ethyl adjacent to an activating group) is 1. The maximum absolute atomic E-state index is 5.30. The predicted molar refractivity (Wildman–Crippen MR) is 114 cm³/mol. The second-order valence-electron chi connectivity index (χ2n) is 7.98. The fourth-order valence-electron chi connectivity index (χ4n) is 3.61. The van der Waals surface area contributed by atoms with Crippen LogP contribution in [0.4, 0.5) is 0 Å². The van der Waals surface area contributed by atoms with Gasteiger partial charge in [-0.25, -0.2) is 0 Å². The summed E-state index contributed by atoms with van der Waals surface area (Å²) in [6.07, 6.45) is 6.00. The Hall–Kier alpha value is -1.59. The molecule has 152 valence electrons. The van der Waals surface area contributed by atoms with E-state index in [1.165, 1.54) is 24.8 Å². The number of nitrogens with zero attached hydrogens (tertiary/aromatic N) is 2. The van der Waals surface area contributed by atoms with Crippen molar-refractivity contribution in [3.05, 3.63) is 35.9 Å². The molecule has 0 amide bonds. The van der Waals surface area contributed by atoms with Crippen LogP contribution in [-0.4, -0.2) is 64.3 Å². The van der Waals surface area contributed by atoms with Gasteiger partial charge >= 0.3 is 0 Å². The van der Waals surface area contributed by atoms with Crippen LogP contribution in [0.5, 0.6) is 0 Å². The molecule has 0 heterocycles. The van der Waals surface area contributed by atoms with E-state index in [4.69, 9.17) is 9.73 Å². The van der Waals surface area contributed by atoms with E-state index in [1.807, 2.05) is 0 Å². The first-order valence-electron chi connectivity index (χ1n) is 10.3. The summed E-state index contributed by atoms with van der Waals surface area (Å²) in [7, 11) is 6.08. The van der Waals surface area contributed by atoms with Crippen molar-refractivity contribution in [3.8, 4) is 0 Å². The molecule has 1 fully saturated rings. The molecule has 1 unspecified atom stereocenters. The molecule has 27 heavy (non-hydrogen) atoms. The molecule has 0 bridgehead atoms. The lowest BCUT2D eigenvalue weighted by Gasteiger charge is -2.40. The first-order chi connectivity index (χ1) is 13.1. The van der Waals surface area contributed by atoms with Crippen molar-refractivity contribution < 1.29 is 4.74 Å². The van der Waals surface area contributed by atoms with Crippen LogP contribution in [0.15, 0.2) is 35.3 Å². The molecule has 1 atom stereocenters. The van der Waals surface area contributed by atoms with Gasteiger partial charge in [0.05, 0.1) is 0 Å². The smallest absolute Gasteiger partial charge is 0.191 e. The molecule has 1 aliphatic carbocycles. The van der Waals surface area contributed by atoms with Gasteiger partial charge in [-0.2, -0.15) is 0 Å². The maximum atomic E-state index is 5.30. The van der Waals surface area contributed by atoms with Gasteiger partial charge in [-0.15, -0.1) is 0 Å². The molecule has 1 saturated carbocycles. The topological polar surface area (TPSA) is 48.9 Å². The van der Waals surface area contributed by atoms with Crippen LogP contribution in [0.2, 0.25) is 0 Å². The largest absolute Gasteiger partial charge is 0.385 e. The Balaban J connectivity index is 1.92. The summed E-state index contributed by atoms with van der Waals surface area (Å²) in [6.45, 7) is 5.59. The van der Waals surface area contributed by atoms with Crippen LogP contribution in [0.3, 0.4) is 0 Å². The number of ether oxygens (including phenoxy) is 1. The minimum atomic E-state index is 0.351. The highest BCUT2D eigenvalue weighted by Gasteiger charge is 2.36. The number of rotatable bonds is 11. The van der Waals surface area contributed by atoms with Crippen LogP contribution in [0, 0.1) is 5.41 Å². The minimum Gasteiger partial charge on any atom is -0.385 e. The monoisotopic (exact) mass is 374 g/mol. The van der Waals surface area contributed by atoms with Crippen molar-refractivity contribution in [2.75, 3.05) is 47.4 Å². The molecule has 1 aliphatic rings. The Morgan fingerprint density at radius 3 is 2.52 bits per heavy atom. The summed E-state index contributed by atoms with van der Waals surface area (Å²) in [5, 5.41) is 6.97. The fraction of sp³-hybridized carbons (Fsp3) is 0.682. The average Bonchev–Trinajstić information content (AvgIpc) is 2.64. The predicted octanol–water partition coefficient (Wildman–Crippen LogP) is 2.92. The zero-order valence-electron chi connectivity index (χ0n) is 17.6. The molecular weight excluding hydrogens is 336 g/mol. The summed E-state index contributed by atoms with van der Waals surface area (Å²) in [5.74, 6) is 0.932. The molecule has 0 radical (unpaired) electrons. The van der Waals surface area contributed by atoms with Gasteiger partial charge in [-0.3, -0.25) is 4.99 Å². The van der Waals surface area contributed by atoms with E-state index < -0.39 is 0 Å². The number of benzene rings is 1. The average molecular weight is 375 g/mol. The van der Waals surface area contributed by atoms with Gasteiger partial charge in [0.25, 0.3) is 0 Å². The van der Waals surface area contributed by atoms with Crippen LogP contribution in [0.25, 0.3) is 0 Å². The van der Waals surface area contributed by atoms with E-state index in [1.54, 1.807) is 7.11 Å². The van der Waals surface area contributed by atoms with Crippen molar-refractivity contribution in [3.63, 3.8) is 0 Å². The normalized spacial score (nSPS) is 17.4. The third kappa shape index (κ3) is 7.15. The van der Waals surface area contributed by atoms with Crippen LogP contribution in [0.1, 0.15) is 38.2 Å². The molecule has 1 aromatic rings. The number of nitrogens with one attached hydrogen (secondary N) is 2. The maximum Gasteiger partial charge on any atom is 0.191 e. The SMILES string of the molecule is CCNC(=NCC1(CCOC)CCC1)NCC(Cc1ccccc1)N(C)C. The molecule has 0 aromatic heterocycles. The first kappa shape index (κ1) is 21.7. The number of aliphatic imine (C=N–C) groups is 1. The van der Waals surface area contributed by atoms with Gasteiger partial charge in [-0.05, 0) is 57.7 Å². The molecule has 5 nitrogen and oxygen atoms in total. The number of hydrogen-bond donors (Lipinski definition) is 2. The summed E-state index contributed by atoms with van der Waals surface area (Å²) >= 11 is 0. The van der Waals surface area contributed by atoms with E-state index in [0.29, 0.717) is 11.5 Å². The molecule has 2 N–H and O–H groups in total. The van der Waals surface area contributed by atoms with Gasteiger partial charge < -0.3 is 20.3 Å². The molecule has 1 aromatic carbocycles. The third-order valence-corrected chi connectivity index (χ3v) is 5.72. The second kappa shape index (κ2) is 11.3. The first-order valence-corrected chi connectivity index (χ1v) is 10.3. The van der Waals surface area contributed by atoms with Crippen molar-refractivity contribution in [1.82, 2.24) is 15.5 Å². The molecule has 0 saturated heterocycles. The summed E-state index contributed by atoms with van der Waals surface area (Å²) < 4.78 is 5.30. The number of methoxy groups -OCH3 is 1. The Morgan fingerprint density at radius 2 is 1.96 bits per heavy atom. The summed E-state index contributed by atoms with van der Waals surface area (Å²) in [4.78, 5) is 7.21. The highest BCUT2D eigenvalue weighted by molar-refractivity contribution is 5.79. The van der Waals surface area contributed by atoms with Gasteiger partial charge in [0.15, 0.2) is 5.96 Å². The molecule has 2 rings (SSSR count). The van der Waals surface area contributed by atoms with Gasteiger partial charge in [-0.1, -0.05) is 36.8 Å². The van der Waals surface area contributed by atoms with Crippen molar-refractivity contribution in [1.29, 1.82) is 0 Å². The highest BCUT2D eigenvalue weighted by atomic mass is 16.5. The van der Waals surface area contributed by atoms with Gasteiger partial charge in [0.1, 0.15) is 0 Å². The minimum absolute atomic E-state index is 0.351. The lowest BCUT2D eigenvalue weighted by Crippen LogP contribution is -2.46. The Morgan fingerprint density at radius 1 is 1.22 bits per heavy atom. The zero-order valence-corrected chi connectivity index (χ0v) is 17.6. The third-order valence-electron chi connectivity index (χ3n) is 5.72. The van der Waals surface area contributed by atoms with E-state index >= 15 is 0 Å². The lowest BCUT2D eigenvalue weighted by atomic mass is 9.67. The van der Waals surface area contributed by atoms with Gasteiger partial charge in [0, 0.05) is 39.4 Å². The van der Waals surface area contributed by atoms with E-state index in [-0.39, 0.29) is 0 Å². The zero-order chi connectivity index (χ0) is 19.5. The second-order valence-corrected chi connectivity index (χ2v) is 7.98. The number of guanidine groups is 1. The molecule has 5 heteroatoms. The quantitative estimate of drug-likeness (QED) is 0.462. The Labute approximate surface area is 165 Å². The molecule has 0 spiro atoms. The Kier molecular flexibility index (Phi) is 9.08. The van der Waals surface area contributed by atoms with Crippen LogP contribution >= 0.6 is 0 Å². The summed E-state index contributed by atoms with van der Waals surface area (Å²) in [5.41, 5.74) is 1.72. The fourth-order valence-corrected chi connectivity index (χ4v) is 3.61. The molecular formula is C22H38N4O. The van der Waals surface area contributed by atoms with Crippen molar-refractivity contribution >= 4 is 5.96 Å². The highest BCUT2D eigenvalue weighted by Crippen LogP contribution is 2.44. The number of hydrogen-bond acceptors (Lipinski definition) is 3. The lowest BCUT2D eigenvalue weighted by molar-refractivity contribution is 0.0778. The van der Waals surface area contributed by atoms with E-state index in [9.17, 15) is 0 Å². The summed E-state index contributed by atoms with van der Waals surface area (Å²) in [6, 6.07) is 11.1. The van der Waals surface area contributed by atoms with Crippen molar-refractivity contribution in [2.24, 2.45) is 10.4 Å². The van der Waals surface area contributed by atoms with E-state index in [0.717, 1.165) is 45.0 Å². The van der Waals surface area contributed by atoms with Crippen LogP contribution in [-0.2, 0) is 11.2 Å². The molecule has 0 aliphatic heterocycles.